The van der Waals surface area contributed by atoms with E-state index in [1.807, 2.05) is 11.8 Å². The molecule has 0 amide bonds. The van der Waals surface area contributed by atoms with Gasteiger partial charge in [0.25, 0.3) is 0 Å². The smallest absolute Gasteiger partial charge is 0.134 e. The molecule has 0 aliphatic carbocycles. The predicted octanol–water partition coefficient (Wildman–Crippen LogP) is 3.32. The molecule has 0 saturated carbocycles. The topological polar surface area (TPSA) is 30.5 Å². The molecule has 2 aliphatic rings. The van der Waals surface area contributed by atoms with E-state index in [1.54, 1.807) is 18.4 Å². The summed E-state index contributed by atoms with van der Waals surface area (Å²) in [5, 5.41) is 5.65. The van der Waals surface area contributed by atoms with Crippen molar-refractivity contribution in [2.75, 3.05) is 32.3 Å². The average molecular weight is 313 g/mol. The Hall–Kier alpha value is -0.230. The molecule has 1 aromatic rings. The summed E-state index contributed by atoms with van der Waals surface area (Å²) in [6, 6.07) is 2.46. The zero-order valence-electron chi connectivity index (χ0n) is 12.2. The molecule has 3 unspecified atom stereocenters. The van der Waals surface area contributed by atoms with Crippen LogP contribution in [-0.4, -0.2) is 37.9 Å². The zero-order chi connectivity index (χ0) is 14.0. The van der Waals surface area contributed by atoms with E-state index in [0.29, 0.717) is 12.0 Å². The molecule has 1 N–H and O–H groups in total. The largest absolute Gasteiger partial charge is 0.496 e. The minimum absolute atomic E-state index is 0.146. The first kappa shape index (κ1) is 14.7. The van der Waals surface area contributed by atoms with Crippen molar-refractivity contribution in [1.82, 2.24) is 5.32 Å². The van der Waals surface area contributed by atoms with E-state index in [0.717, 1.165) is 18.8 Å². The van der Waals surface area contributed by atoms with E-state index in [4.69, 9.17) is 9.47 Å². The van der Waals surface area contributed by atoms with Crippen LogP contribution in [0, 0.1) is 5.92 Å². The molecule has 20 heavy (non-hydrogen) atoms. The Morgan fingerprint density at radius 1 is 1.55 bits per heavy atom. The summed E-state index contributed by atoms with van der Waals surface area (Å²) < 4.78 is 11.7. The molecule has 1 aromatic heterocycles. The molecule has 3 heterocycles. The quantitative estimate of drug-likeness (QED) is 0.924. The van der Waals surface area contributed by atoms with Gasteiger partial charge in [-0.15, -0.1) is 11.3 Å². The van der Waals surface area contributed by atoms with Crippen molar-refractivity contribution >= 4 is 23.1 Å². The first-order valence-corrected chi connectivity index (χ1v) is 9.32. The first-order chi connectivity index (χ1) is 9.78. The van der Waals surface area contributed by atoms with E-state index < -0.39 is 0 Å². The molecular weight excluding hydrogens is 290 g/mol. The van der Waals surface area contributed by atoms with Crippen LogP contribution in [0.2, 0.25) is 0 Å². The second-order valence-corrected chi connectivity index (χ2v) is 7.76. The number of ether oxygens (including phenoxy) is 2. The number of nitrogens with one attached hydrogen (secondary N) is 1. The van der Waals surface area contributed by atoms with Crippen LogP contribution < -0.4 is 10.1 Å². The van der Waals surface area contributed by atoms with Crippen molar-refractivity contribution in [2.45, 2.75) is 30.9 Å². The highest BCUT2D eigenvalue weighted by atomic mass is 32.2. The monoisotopic (exact) mass is 313 g/mol. The molecule has 2 saturated heterocycles. The van der Waals surface area contributed by atoms with Crippen molar-refractivity contribution < 1.29 is 9.47 Å². The first-order valence-electron chi connectivity index (χ1n) is 7.28. The van der Waals surface area contributed by atoms with E-state index in [1.165, 1.54) is 29.2 Å². The maximum absolute atomic E-state index is 6.15. The molecule has 1 spiro atoms. The van der Waals surface area contributed by atoms with Crippen LogP contribution >= 0.6 is 23.1 Å². The summed E-state index contributed by atoms with van der Waals surface area (Å²) in [7, 11) is 3.83. The summed E-state index contributed by atoms with van der Waals surface area (Å²) in [5.41, 5.74) is 0.146. The summed E-state index contributed by atoms with van der Waals surface area (Å²) in [5.74, 6) is 4.08. The van der Waals surface area contributed by atoms with Gasteiger partial charge in [0, 0.05) is 18.4 Å². The third kappa shape index (κ3) is 2.73. The average Bonchev–Trinajstić information content (AvgIpc) is 3.10. The SMILES string of the molecule is CNC(c1sccc1OC)C1CCOC2(CCSC2)C1. The molecular formula is C15H23NO2S2. The summed E-state index contributed by atoms with van der Waals surface area (Å²) in [4.78, 5) is 1.34. The lowest BCUT2D eigenvalue weighted by atomic mass is 9.80. The molecule has 0 radical (unpaired) electrons. The van der Waals surface area contributed by atoms with E-state index >= 15 is 0 Å². The second-order valence-electron chi connectivity index (χ2n) is 5.71. The Labute approximate surface area is 129 Å². The van der Waals surface area contributed by atoms with Gasteiger partial charge in [0.15, 0.2) is 0 Å². The normalized spacial score (nSPS) is 31.6. The fourth-order valence-corrected chi connectivity index (χ4v) is 5.94. The minimum Gasteiger partial charge on any atom is -0.496 e. The summed E-state index contributed by atoms with van der Waals surface area (Å²) in [6.07, 6.45) is 3.53. The molecule has 0 bridgehead atoms. The number of methoxy groups -OCH3 is 1. The van der Waals surface area contributed by atoms with Gasteiger partial charge >= 0.3 is 0 Å². The fraction of sp³-hybridized carbons (Fsp3) is 0.733. The highest BCUT2D eigenvalue weighted by Gasteiger charge is 2.43. The van der Waals surface area contributed by atoms with Gasteiger partial charge in [0.1, 0.15) is 5.75 Å². The molecule has 0 aromatic carbocycles. The number of thioether (sulfide) groups is 1. The van der Waals surface area contributed by atoms with Crippen LogP contribution in [-0.2, 0) is 4.74 Å². The molecule has 5 heteroatoms. The van der Waals surface area contributed by atoms with E-state index in [9.17, 15) is 0 Å². The van der Waals surface area contributed by atoms with Gasteiger partial charge in [-0.3, -0.25) is 0 Å². The maximum Gasteiger partial charge on any atom is 0.134 e. The molecule has 2 aliphatic heterocycles. The Morgan fingerprint density at radius 3 is 3.15 bits per heavy atom. The Balaban J connectivity index is 1.78. The Morgan fingerprint density at radius 2 is 2.45 bits per heavy atom. The van der Waals surface area contributed by atoms with Gasteiger partial charge in [-0.1, -0.05) is 0 Å². The Bertz CT molecular complexity index is 443. The van der Waals surface area contributed by atoms with Crippen LogP contribution in [0.25, 0.3) is 0 Å². The van der Waals surface area contributed by atoms with Gasteiger partial charge in [-0.05, 0) is 49.4 Å². The van der Waals surface area contributed by atoms with Crippen molar-refractivity contribution in [3.63, 3.8) is 0 Å². The molecule has 2 fully saturated rings. The number of rotatable bonds is 4. The van der Waals surface area contributed by atoms with Gasteiger partial charge in [-0.2, -0.15) is 11.8 Å². The van der Waals surface area contributed by atoms with E-state index in [2.05, 4.69) is 23.8 Å². The van der Waals surface area contributed by atoms with Crippen molar-refractivity contribution in [3.8, 4) is 5.75 Å². The van der Waals surface area contributed by atoms with E-state index in [-0.39, 0.29) is 5.60 Å². The van der Waals surface area contributed by atoms with Crippen LogP contribution in [0.1, 0.15) is 30.2 Å². The predicted molar refractivity (Wildman–Crippen MR) is 86.0 cm³/mol. The van der Waals surface area contributed by atoms with Crippen LogP contribution in [0.15, 0.2) is 11.4 Å². The van der Waals surface area contributed by atoms with Gasteiger partial charge in [0.05, 0.1) is 17.6 Å². The number of hydrogen-bond acceptors (Lipinski definition) is 5. The maximum atomic E-state index is 6.15. The number of hydrogen-bond donors (Lipinski definition) is 1. The van der Waals surface area contributed by atoms with Gasteiger partial charge < -0.3 is 14.8 Å². The van der Waals surface area contributed by atoms with Crippen molar-refractivity contribution in [3.05, 3.63) is 16.3 Å². The molecule has 112 valence electrons. The lowest BCUT2D eigenvalue weighted by molar-refractivity contribution is -0.0849. The fourth-order valence-electron chi connectivity index (χ4n) is 3.50. The van der Waals surface area contributed by atoms with Crippen LogP contribution in [0.3, 0.4) is 0 Å². The van der Waals surface area contributed by atoms with Crippen molar-refractivity contribution in [2.24, 2.45) is 5.92 Å². The Kier molecular flexibility index (Phi) is 4.60. The second kappa shape index (κ2) is 6.26. The highest BCUT2D eigenvalue weighted by molar-refractivity contribution is 7.99. The zero-order valence-corrected chi connectivity index (χ0v) is 13.8. The molecule has 3 rings (SSSR count). The third-order valence-electron chi connectivity index (χ3n) is 4.54. The van der Waals surface area contributed by atoms with Crippen LogP contribution in [0.5, 0.6) is 5.75 Å². The summed E-state index contributed by atoms with van der Waals surface area (Å²) in [6.45, 7) is 0.900. The third-order valence-corrected chi connectivity index (χ3v) is 6.74. The lowest BCUT2D eigenvalue weighted by Gasteiger charge is -2.40. The summed E-state index contributed by atoms with van der Waals surface area (Å²) >= 11 is 3.84. The number of thiophene rings is 1. The van der Waals surface area contributed by atoms with Crippen LogP contribution in [0.4, 0.5) is 0 Å². The molecule has 3 nitrogen and oxygen atoms in total. The van der Waals surface area contributed by atoms with Gasteiger partial charge in [-0.25, -0.2) is 0 Å². The highest BCUT2D eigenvalue weighted by Crippen LogP contribution is 2.46. The molecule has 3 atom stereocenters. The lowest BCUT2D eigenvalue weighted by Crippen LogP contribution is -2.43. The standard InChI is InChI=1S/C15H23NO2S2/c1-16-13(14-12(17-2)4-7-20-14)11-3-6-18-15(9-11)5-8-19-10-15/h4,7,11,13,16H,3,5-6,8-10H2,1-2H3. The minimum atomic E-state index is 0.146. The van der Waals surface area contributed by atoms with Gasteiger partial charge in [0.2, 0.25) is 0 Å². The van der Waals surface area contributed by atoms with Crippen molar-refractivity contribution in [1.29, 1.82) is 0 Å².